The molecule has 0 aliphatic heterocycles. The van der Waals surface area contributed by atoms with Gasteiger partial charge in [-0.3, -0.25) is 5.32 Å². The number of nitrogens with zero attached hydrogens (tertiary/aromatic N) is 2. The molecule has 1 amide bonds. The van der Waals surface area contributed by atoms with E-state index in [1.54, 1.807) is 33.2 Å². The van der Waals surface area contributed by atoms with Gasteiger partial charge in [0, 0.05) is 12.4 Å². The number of carbonyl (C=O) groups is 1. The van der Waals surface area contributed by atoms with E-state index >= 15 is 0 Å². The molecule has 116 valence electrons. The minimum absolute atomic E-state index is 0.193. The van der Waals surface area contributed by atoms with Crippen LogP contribution >= 0.6 is 0 Å². The van der Waals surface area contributed by atoms with Crippen LogP contribution in [0.1, 0.15) is 46.1 Å². The fourth-order valence-corrected chi connectivity index (χ4v) is 2.80. The van der Waals surface area contributed by atoms with Crippen LogP contribution in [0.25, 0.3) is 0 Å². The fourth-order valence-electron chi connectivity index (χ4n) is 2.80. The molecule has 2 rings (SSSR count). The summed E-state index contributed by atoms with van der Waals surface area (Å²) in [6.45, 7) is 10.5. The number of ether oxygens (including phenoxy) is 1. The first-order valence-corrected chi connectivity index (χ1v) is 7.17. The molecule has 1 aromatic heterocycles. The van der Waals surface area contributed by atoms with Gasteiger partial charge >= 0.3 is 6.09 Å². The minimum Gasteiger partial charge on any atom is -0.444 e. The number of carbonyl (C=O) groups excluding carboxylic acids is 1. The average Bonchev–Trinajstić information content (AvgIpc) is 2.89. The van der Waals surface area contributed by atoms with E-state index in [9.17, 15) is 4.79 Å². The van der Waals surface area contributed by atoms with Crippen molar-refractivity contribution in [3.8, 4) is 0 Å². The van der Waals surface area contributed by atoms with Crippen molar-refractivity contribution in [2.45, 2.75) is 46.1 Å². The molecule has 21 heavy (non-hydrogen) atoms. The van der Waals surface area contributed by atoms with Crippen molar-refractivity contribution in [3.63, 3.8) is 0 Å². The second-order valence-electron chi connectivity index (χ2n) is 7.11. The van der Waals surface area contributed by atoms with Crippen LogP contribution in [0.5, 0.6) is 0 Å². The zero-order chi connectivity index (χ0) is 15.8. The number of hydrogen-bond donors (Lipinski definition) is 2. The van der Waals surface area contributed by atoms with Gasteiger partial charge in [-0.15, -0.1) is 0 Å². The zero-order valence-corrected chi connectivity index (χ0v) is 13.3. The SMILES string of the molecule is CC(C)(C)OC(=O)Nc1ncc(C2C(CN)C2(C)C)cn1. The van der Waals surface area contributed by atoms with E-state index in [4.69, 9.17) is 10.5 Å². The van der Waals surface area contributed by atoms with Crippen molar-refractivity contribution in [2.75, 3.05) is 11.9 Å². The smallest absolute Gasteiger partial charge is 0.414 e. The molecule has 1 aliphatic carbocycles. The molecule has 6 heteroatoms. The quantitative estimate of drug-likeness (QED) is 0.893. The number of hydrogen-bond acceptors (Lipinski definition) is 5. The molecule has 0 spiro atoms. The van der Waals surface area contributed by atoms with E-state index in [0.29, 0.717) is 18.4 Å². The molecule has 1 saturated carbocycles. The Kier molecular flexibility index (Phi) is 3.93. The van der Waals surface area contributed by atoms with Crippen molar-refractivity contribution in [2.24, 2.45) is 17.1 Å². The van der Waals surface area contributed by atoms with E-state index in [0.717, 1.165) is 5.56 Å². The van der Waals surface area contributed by atoms with Crippen LogP contribution in [0.3, 0.4) is 0 Å². The Balaban J connectivity index is 1.99. The summed E-state index contributed by atoms with van der Waals surface area (Å²) >= 11 is 0. The van der Waals surface area contributed by atoms with Crippen LogP contribution in [0.4, 0.5) is 10.7 Å². The predicted molar refractivity (Wildman–Crippen MR) is 81.0 cm³/mol. The van der Waals surface area contributed by atoms with Crippen molar-refractivity contribution in [1.29, 1.82) is 0 Å². The Labute approximate surface area is 125 Å². The first-order valence-electron chi connectivity index (χ1n) is 7.17. The fraction of sp³-hybridized carbons (Fsp3) is 0.667. The summed E-state index contributed by atoms with van der Waals surface area (Å²) in [5, 5.41) is 2.52. The molecule has 3 N–H and O–H groups in total. The third-order valence-electron chi connectivity index (χ3n) is 3.95. The summed E-state index contributed by atoms with van der Waals surface area (Å²) in [5.41, 5.74) is 6.49. The molecule has 0 aromatic carbocycles. The maximum absolute atomic E-state index is 11.6. The molecule has 1 fully saturated rings. The number of amides is 1. The van der Waals surface area contributed by atoms with Crippen molar-refractivity contribution in [1.82, 2.24) is 9.97 Å². The number of aromatic nitrogens is 2. The summed E-state index contributed by atoms with van der Waals surface area (Å²) in [6.07, 6.45) is 2.95. The predicted octanol–water partition coefficient (Wildman–Crippen LogP) is 2.52. The number of anilines is 1. The summed E-state index contributed by atoms with van der Waals surface area (Å²) < 4.78 is 5.15. The van der Waals surface area contributed by atoms with Gasteiger partial charge in [0.1, 0.15) is 5.60 Å². The highest BCUT2D eigenvalue weighted by molar-refractivity contribution is 5.82. The first kappa shape index (κ1) is 15.7. The molecule has 1 aliphatic rings. The number of nitrogens with one attached hydrogen (secondary N) is 1. The van der Waals surface area contributed by atoms with Crippen molar-refractivity contribution in [3.05, 3.63) is 18.0 Å². The highest BCUT2D eigenvalue weighted by atomic mass is 16.6. The minimum atomic E-state index is -0.554. The highest BCUT2D eigenvalue weighted by Gasteiger charge is 2.57. The van der Waals surface area contributed by atoms with E-state index in [1.165, 1.54) is 0 Å². The Bertz CT molecular complexity index is 519. The lowest BCUT2D eigenvalue weighted by Crippen LogP contribution is -2.27. The molecule has 0 saturated heterocycles. The van der Waals surface area contributed by atoms with Crippen LogP contribution in [-0.4, -0.2) is 28.2 Å². The van der Waals surface area contributed by atoms with Crippen LogP contribution in [-0.2, 0) is 4.74 Å². The van der Waals surface area contributed by atoms with Crippen molar-refractivity contribution < 1.29 is 9.53 Å². The Morgan fingerprint density at radius 1 is 1.38 bits per heavy atom. The molecule has 2 atom stereocenters. The normalized spacial score (nSPS) is 23.5. The van der Waals surface area contributed by atoms with Crippen molar-refractivity contribution >= 4 is 12.0 Å². The number of nitrogens with two attached hydrogens (primary N) is 1. The summed E-state index contributed by atoms with van der Waals surface area (Å²) in [6, 6.07) is 0. The van der Waals surface area contributed by atoms with Crippen LogP contribution in [0, 0.1) is 11.3 Å². The Hall–Kier alpha value is -1.69. The average molecular weight is 292 g/mol. The maximum atomic E-state index is 11.6. The highest BCUT2D eigenvalue weighted by Crippen LogP contribution is 2.63. The molecular weight excluding hydrogens is 268 g/mol. The maximum Gasteiger partial charge on any atom is 0.414 e. The molecular formula is C15H24N4O2. The van der Waals surface area contributed by atoms with E-state index < -0.39 is 11.7 Å². The van der Waals surface area contributed by atoms with Gasteiger partial charge in [0.25, 0.3) is 0 Å². The molecule has 0 radical (unpaired) electrons. The Morgan fingerprint density at radius 3 is 2.38 bits per heavy atom. The second-order valence-corrected chi connectivity index (χ2v) is 7.11. The monoisotopic (exact) mass is 292 g/mol. The van der Waals surface area contributed by atoms with Gasteiger partial charge in [-0.1, -0.05) is 13.8 Å². The third-order valence-corrected chi connectivity index (χ3v) is 3.95. The topological polar surface area (TPSA) is 90.1 Å². The van der Waals surface area contributed by atoms with E-state index in [2.05, 4.69) is 29.1 Å². The second kappa shape index (κ2) is 5.26. The van der Waals surface area contributed by atoms with Gasteiger partial charge < -0.3 is 10.5 Å². The first-order chi connectivity index (χ1) is 9.65. The van der Waals surface area contributed by atoms with Gasteiger partial charge in [-0.05, 0) is 50.1 Å². The molecule has 1 aromatic rings. The van der Waals surface area contributed by atoms with Gasteiger partial charge in [0.2, 0.25) is 5.95 Å². The summed E-state index contributed by atoms with van der Waals surface area (Å²) in [5.74, 6) is 1.10. The van der Waals surface area contributed by atoms with Gasteiger partial charge in [0.05, 0.1) is 0 Å². The standard InChI is InChI=1S/C15H24N4O2/c1-14(2,3)21-13(20)19-12-17-7-9(8-18-12)11-10(6-16)15(11,4)5/h7-8,10-11H,6,16H2,1-5H3,(H,17,18,19,20). The van der Waals surface area contributed by atoms with Crippen LogP contribution in [0.2, 0.25) is 0 Å². The van der Waals surface area contributed by atoms with E-state index in [1.807, 2.05) is 0 Å². The van der Waals surface area contributed by atoms with E-state index in [-0.39, 0.29) is 11.4 Å². The number of rotatable bonds is 3. The summed E-state index contributed by atoms with van der Waals surface area (Å²) in [7, 11) is 0. The van der Waals surface area contributed by atoms with Crippen LogP contribution in [0.15, 0.2) is 12.4 Å². The molecule has 1 heterocycles. The summed E-state index contributed by atoms with van der Waals surface area (Å²) in [4.78, 5) is 20.0. The molecule has 2 unspecified atom stereocenters. The molecule has 6 nitrogen and oxygen atoms in total. The lowest BCUT2D eigenvalue weighted by Gasteiger charge is -2.19. The van der Waals surface area contributed by atoms with Gasteiger partial charge in [-0.2, -0.15) is 0 Å². The molecule has 0 bridgehead atoms. The largest absolute Gasteiger partial charge is 0.444 e. The van der Waals surface area contributed by atoms with Gasteiger partial charge in [0.15, 0.2) is 0 Å². The van der Waals surface area contributed by atoms with Gasteiger partial charge in [-0.25, -0.2) is 14.8 Å². The third kappa shape index (κ3) is 3.50. The lowest BCUT2D eigenvalue weighted by atomic mass is 10.1. The van der Waals surface area contributed by atoms with Crippen LogP contribution < -0.4 is 11.1 Å². The lowest BCUT2D eigenvalue weighted by molar-refractivity contribution is 0.0634. The zero-order valence-electron chi connectivity index (χ0n) is 13.3. The Morgan fingerprint density at radius 2 is 1.95 bits per heavy atom.